The molecule has 0 amide bonds. The Morgan fingerprint density at radius 3 is 2.32 bits per heavy atom. The highest BCUT2D eigenvalue weighted by atomic mass is 14.9. The van der Waals surface area contributed by atoms with Crippen LogP contribution in [-0.2, 0) is 0 Å². The first-order chi connectivity index (χ1) is 9.28. The quantitative estimate of drug-likeness (QED) is 0.659. The molecule has 0 saturated heterocycles. The van der Waals surface area contributed by atoms with Crippen LogP contribution in [-0.4, -0.2) is 12.6 Å². The Balaban J connectivity index is 1.64. The molecule has 1 unspecified atom stereocenters. The normalized spacial score (nSPS) is 24.9. The van der Waals surface area contributed by atoms with Crippen LogP contribution in [0.25, 0.3) is 0 Å². The van der Waals surface area contributed by atoms with Crippen molar-refractivity contribution in [1.82, 2.24) is 5.32 Å². The van der Waals surface area contributed by atoms with Gasteiger partial charge in [-0.15, -0.1) is 0 Å². The van der Waals surface area contributed by atoms with Crippen LogP contribution in [0.4, 0.5) is 0 Å². The summed E-state index contributed by atoms with van der Waals surface area (Å²) in [6.07, 6.45) is 17.5. The predicted octanol–water partition coefficient (Wildman–Crippen LogP) is 5.30. The molecule has 0 aromatic heterocycles. The van der Waals surface area contributed by atoms with Gasteiger partial charge >= 0.3 is 0 Å². The van der Waals surface area contributed by atoms with E-state index in [-0.39, 0.29) is 0 Å². The van der Waals surface area contributed by atoms with E-state index >= 15 is 0 Å². The van der Waals surface area contributed by atoms with Crippen LogP contribution in [0.5, 0.6) is 0 Å². The topological polar surface area (TPSA) is 12.0 Å². The molecule has 1 atom stereocenters. The highest BCUT2D eigenvalue weighted by Crippen LogP contribution is 2.48. The molecule has 0 radical (unpaired) electrons. The third kappa shape index (κ3) is 4.48. The molecular weight excluding hydrogens is 230 g/mol. The van der Waals surface area contributed by atoms with Gasteiger partial charge < -0.3 is 5.32 Å². The molecule has 1 N–H and O–H groups in total. The maximum atomic E-state index is 3.89. The van der Waals surface area contributed by atoms with Crippen molar-refractivity contribution >= 4 is 0 Å². The summed E-state index contributed by atoms with van der Waals surface area (Å²) in [7, 11) is 0. The third-order valence-electron chi connectivity index (χ3n) is 5.95. The van der Waals surface area contributed by atoms with Gasteiger partial charge in [-0.05, 0) is 62.8 Å². The average molecular weight is 265 g/mol. The molecule has 1 nitrogen and oxygen atoms in total. The summed E-state index contributed by atoms with van der Waals surface area (Å²) in [5.74, 6) is 0.919. The summed E-state index contributed by atoms with van der Waals surface area (Å²) in [6, 6.07) is 0.835. The molecule has 0 heterocycles. The molecule has 0 bridgehead atoms. The first kappa shape index (κ1) is 15.4. The van der Waals surface area contributed by atoms with E-state index in [1.54, 1.807) is 0 Å². The minimum Gasteiger partial charge on any atom is -0.314 e. The predicted molar refractivity (Wildman–Crippen MR) is 84.5 cm³/mol. The van der Waals surface area contributed by atoms with Crippen molar-refractivity contribution in [3.8, 4) is 0 Å². The molecular formula is C18H35N. The zero-order valence-corrected chi connectivity index (χ0v) is 13.3. The fourth-order valence-corrected chi connectivity index (χ4v) is 4.34. The van der Waals surface area contributed by atoms with E-state index in [4.69, 9.17) is 0 Å². The molecule has 1 spiro atoms. The van der Waals surface area contributed by atoms with Crippen molar-refractivity contribution in [2.24, 2.45) is 11.3 Å². The smallest absolute Gasteiger partial charge is 0.00675 e. The average Bonchev–Trinajstić information content (AvgIpc) is 2.89. The van der Waals surface area contributed by atoms with E-state index in [1.807, 2.05) is 0 Å². The van der Waals surface area contributed by atoms with Crippen molar-refractivity contribution in [2.75, 3.05) is 6.54 Å². The van der Waals surface area contributed by atoms with Gasteiger partial charge in [0.05, 0.1) is 0 Å². The molecule has 19 heavy (non-hydrogen) atoms. The molecule has 2 saturated carbocycles. The molecule has 2 rings (SSSR count). The van der Waals surface area contributed by atoms with Crippen LogP contribution >= 0.6 is 0 Å². The molecule has 0 aliphatic heterocycles. The van der Waals surface area contributed by atoms with Crippen molar-refractivity contribution in [1.29, 1.82) is 0 Å². The van der Waals surface area contributed by atoms with E-state index in [0.717, 1.165) is 17.4 Å². The van der Waals surface area contributed by atoms with E-state index in [1.165, 1.54) is 83.6 Å². The van der Waals surface area contributed by atoms with Crippen molar-refractivity contribution < 1.29 is 0 Å². The van der Waals surface area contributed by atoms with Gasteiger partial charge in [-0.3, -0.25) is 0 Å². The Hall–Kier alpha value is -0.0400. The van der Waals surface area contributed by atoms with Crippen LogP contribution in [0.15, 0.2) is 0 Å². The second-order valence-electron chi connectivity index (χ2n) is 7.31. The van der Waals surface area contributed by atoms with Crippen molar-refractivity contribution in [2.45, 2.75) is 96.9 Å². The molecule has 112 valence electrons. The highest BCUT2D eigenvalue weighted by Gasteiger charge is 2.37. The van der Waals surface area contributed by atoms with Gasteiger partial charge in [0.1, 0.15) is 0 Å². The van der Waals surface area contributed by atoms with E-state index < -0.39 is 0 Å². The largest absolute Gasteiger partial charge is 0.314 e. The molecule has 0 aromatic carbocycles. The number of unbranched alkanes of at least 4 members (excludes halogenated alkanes) is 1. The molecule has 2 aliphatic carbocycles. The molecule has 2 fully saturated rings. The summed E-state index contributed by atoms with van der Waals surface area (Å²) in [5.41, 5.74) is 0.796. The zero-order valence-electron chi connectivity index (χ0n) is 13.3. The Labute approximate surface area is 120 Å². The Morgan fingerprint density at radius 1 is 1.05 bits per heavy atom. The van der Waals surface area contributed by atoms with Gasteiger partial charge in [-0.1, -0.05) is 46.0 Å². The van der Waals surface area contributed by atoms with E-state index in [9.17, 15) is 0 Å². The van der Waals surface area contributed by atoms with Crippen LogP contribution in [0, 0.1) is 11.3 Å². The van der Waals surface area contributed by atoms with Gasteiger partial charge in [-0.25, -0.2) is 0 Å². The van der Waals surface area contributed by atoms with Crippen LogP contribution in [0.1, 0.15) is 90.9 Å². The SMILES string of the molecule is CCCCC(CC)CNC1CCC2(CCCC2)CC1. The summed E-state index contributed by atoms with van der Waals surface area (Å²) >= 11 is 0. The fourth-order valence-electron chi connectivity index (χ4n) is 4.34. The van der Waals surface area contributed by atoms with E-state index in [0.29, 0.717) is 0 Å². The summed E-state index contributed by atoms with van der Waals surface area (Å²) < 4.78 is 0. The maximum Gasteiger partial charge on any atom is 0.00675 e. The van der Waals surface area contributed by atoms with E-state index in [2.05, 4.69) is 19.2 Å². The van der Waals surface area contributed by atoms with Crippen molar-refractivity contribution in [3.05, 3.63) is 0 Å². The Bertz CT molecular complexity index is 232. The lowest BCUT2D eigenvalue weighted by Gasteiger charge is -2.38. The maximum absolute atomic E-state index is 3.89. The fraction of sp³-hybridized carbons (Fsp3) is 1.00. The number of rotatable bonds is 7. The summed E-state index contributed by atoms with van der Waals surface area (Å²) in [5, 5.41) is 3.89. The van der Waals surface area contributed by atoms with Gasteiger partial charge in [0, 0.05) is 6.04 Å². The monoisotopic (exact) mass is 265 g/mol. The van der Waals surface area contributed by atoms with Gasteiger partial charge in [0.2, 0.25) is 0 Å². The first-order valence-electron chi connectivity index (χ1n) is 9.01. The molecule has 1 heteroatoms. The first-order valence-corrected chi connectivity index (χ1v) is 9.01. The van der Waals surface area contributed by atoms with Crippen LogP contribution in [0.3, 0.4) is 0 Å². The Morgan fingerprint density at radius 2 is 1.74 bits per heavy atom. The number of nitrogens with one attached hydrogen (secondary N) is 1. The molecule has 2 aliphatic rings. The minimum atomic E-state index is 0.796. The van der Waals surface area contributed by atoms with Crippen LogP contribution < -0.4 is 5.32 Å². The Kier molecular flexibility index (Phi) is 6.19. The third-order valence-corrected chi connectivity index (χ3v) is 5.95. The minimum absolute atomic E-state index is 0.796. The van der Waals surface area contributed by atoms with Gasteiger partial charge in [-0.2, -0.15) is 0 Å². The van der Waals surface area contributed by atoms with Crippen LogP contribution in [0.2, 0.25) is 0 Å². The van der Waals surface area contributed by atoms with Gasteiger partial charge in [0.25, 0.3) is 0 Å². The number of hydrogen-bond acceptors (Lipinski definition) is 1. The number of hydrogen-bond donors (Lipinski definition) is 1. The second-order valence-corrected chi connectivity index (χ2v) is 7.31. The lowest BCUT2D eigenvalue weighted by Crippen LogP contribution is -2.38. The van der Waals surface area contributed by atoms with Gasteiger partial charge in [0.15, 0.2) is 0 Å². The standard InChI is InChI=1S/C18H35N/c1-3-5-8-16(4-2)15-19-17-9-13-18(14-10-17)11-6-7-12-18/h16-17,19H,3-15H2,1-2H3. The highest BCUT2D eigenvalue weighted by molar-refractivity contribution is 4.91. The lowest BCUT2D eigenvalue weighted by molar-refractivity contribution is 0.165. The lowest BCUT2D eigenvalue weighted by atomic mass is 9.71. The summed E-state index contributed by atoms with van der Waals surface area (Å²) in [6.45, 7) is 5.94. The summed E-state index contributed by atoms with van der Waals surface area (Å²) in [4.78, 5) is 0. The van der Waals surface area contributed by atoms with Crippen molar-refractivity contribution in [3.63, 3.8) is 0 Å². The second kappa shape index (κ2) is 7.67. The zero-order chi connectivity index (χ0) is 13.6. The molecule has 0 aromatic rings.